The van der Waals surface area contributed by atoms with Crippen molar-refractivity contribution in [2.75, 3.05) is 6.54 Å². The van der Waals surface area contributed by atoms with Crippen LogP contribution in [-0.2, 0) is 6.61 Å². The molecular formula is C19H20N2O2. The summed E-state index contributed by atoms with van der Waals surface area (Å²) >= 11 is 0. The molecule has 2 N–H and O–H groups in total. The van der Waals surface area contributed by atoms with Crippen molar-refractivity contribution < 1.29 is 9.15 Å². The quantitative estimate of drug-likeness (QED) is 0.755. The van der Waals surface area contributed by atoms with Gasteiger partial charge in [0, 0.05) is 6.54 Å². The number of oxazole rings is 1. The van der Waals surface area contributed by atoms with E-state index in [-0.39, 0.29) is 5.92 Å². The molecule has 0 saturated heterocycles. The van der Waals surface area contributed by atoms with Gasteiger partial charge in [-0.25, -0.2) is 4.98 Å². The third-order valence-electron chi connectivity index (χ3n) is 3.70. The van der Waals surface area contributed by atoms with Crippen molar-refractivity contribution in [2.45, 2.75) is 19.4 Å². The zero-order valence-electron chi connectivity index (χ0n) is 13.1. The topological polar surface area (TPSA) is 61.3 Å². The Morgan fingerprint density at radius 3 is 2.43 bits per heavy atom. The molecule has 4 heteroatoms. The normalized spacial score (nSPS) is 12.1. The SMILES string of the molecule is Cc1cnc([C@H](CN)c2ccc(OCc3ccccc3)cc2)o1. The Kier molecular flexibility index (Phi) is 4.74. The molecule has 0 aliphatic rings. The van der Waals surface area contributed by atoms with Crippen LogP contribution in [0.3, 0.4) is 0 Å². The molecule has 0 saturated carbocycles. The van der Waals surface area contributed by atoms with Gasteiger partial charge < -0.3 is 14.9 Å². The predicted molar refractivity (Wildman–Crippen MR) is 89.4 cm³/mol. The van der Waals surface area contributed by atoms with Crippen molar-refractivity contribution in [2.24, 2.45) is 5.73 Å². The Bertz CT molecular complexity index is 736. The molecule has 3 aromatic rings. The summed E-state index contributed by atoms with van der Waals surface area (Å²) in [6.07, 6.45) is 1.72. The maximum absolute atomic E-state index is 5.89. The van der Waals surface area contributed by atoms with Gasteiger partial charge in [-0.1, -0.05) is 42.5 Å². The third-order valence-corrected chi connectivity index (χ3v) is 3.70. The number of aromatic nitrogens is 1. The highest BCUT2D eigenvalue weighted by atomic mass is 16.5. The van der Waals surface area contributed by atoms with Crippen LogP contribution in [0, 0.1) is 6.92 Å². The Labute approximate surface area is 135 Å². The average Bonchev–Trinajstić information content (AvgIpc) is 3.02. The van der Waals surface area contributed by atoms with E-state index in [1.807, 2.05) is 61.5 Å². The summed E-state index contributed by atoms with van der Waals surface area (Å²) in [7, 11) is 0. The van der Waals surface area contributed by atoms with E-state index >= 15 is 0 Å². The lowest BCUT2D eigenvalue weighted by Gasteiger charge is -2.12. The van der Waals surface area contributed by atoms with Crippen molar-refractivity contribution in [1.82, 2.24) is 4.98 Å². The van der Waals surface area contributed by atoms with Gasteiger partial charge in [0.15, 0.2) is 0 Å². The van der Waals surface area contributed by atoms with Gasteiger partial charge in [-0.15, -0.1) is 0 Å². The van der Waals surface area contributed by atoms with E-state index in [0.717, 1.165) is 22.6 Å². The molecule has 4 nitrogen and oxygen atoms in total. The first kappa shape index (κ1) is 15.3. The Hall–Kier alpha value is -2.59. The van der Waals surface area contributed by atoms with Crippen molar-refractivity contribution >= 4 is 0 Å². The lowest BCUT2D eigenvalue weighted by molar-refractivity contribution is 0.306. The van der Waals surface area contributed by atoms with Gasteiger partial charge in [-0.05, 0) is 30.2 Å². The first-order valence-corrected chi connectivity index (χ1v) is 7.65. The monoisotopic (exact) mass is 308 g/mol. The summed E-state index contributed by atoms with van der Waals surface area (Å²) < 4.78 is 11.4. The Morgan fingerprint density at radius 1 is 1.09 bits per heavy atom. The van der Waals surface area contributed by atoms with E-state index in [0.29, 0.717) is 19.0 Å². The molecule has 0 aliphatic carbocycles. The van der Waals surface area contributed by atoms with Crippen LogP contribution in [0.2, 0.25) is 0 Å². The van der Waals surface area contributed by atoms with E-state index < -0.39 is 0 Å². The van der Waals surface area contributed by atoms with E-state index in [1.165, 1.54) is 0 Å². The lowest BCUT2D eigenvalue weighted by Crippen LogP contribution is -2.14. The fourth-order valence-corrected chi connectivity index (χ4v) is 2.45. The number of aryl methyl sites for hydroxylation is 1. The fourth-order valence-electron chi connectivity index (χ4n) is 2.45. The van der Waals surface area contributed by atoms with Crippen LogP contribution in [0.5, 0.6) is 5.75 Å². The van der Waals surface area contributed by atoms with Crippen LogP contribution in [-0.4, -0.2) is 11.5 Å². The summed E-state index contributed by atoms with van der Waals surface area (Å²) in [5.41, 5.74) is 8.10. The second kappa shape index (κ2) is 7.11. The minimum atomic E-state index is -0.0353. The highest BCUT2D eigenvalue weighted by Crippen LogP contribution is 2.25. The van der Waals surface area contributed by atoms with E-state index in [4.69, 9.17) is 14.9 Å². The van der Waals surface area contributed by atoms with Crippen molar-refractivity contribution in [3.63, 3.8) is 0 Å². The van der Waals surface area contributed by atoms with Crippen LogP contribution in [0.4, 0.5) is 0 Å². The summed E-state index contributed by atoms with van der Waals surface area (Å²) in [5, 5.41) is 0. The molecule has 2 aromatic carbocycles. The number of nitrogens with zero attached hydrogens (tertiary/aromatic N) is 1. The molecule has 1 heterocycles. The number of rotatable bonds is 6. The van der Waals surface area contributed by atoms with E-state index in [2.05, 4.69) is 4.98 Å². The van der Waals surface area contributed by atoms with Gasteiger partial charge in [0.2, 0.25) is 5.89 Å². The molecule has 0 bridgehead atoms. The van der Waals surface area contributed by atoms with Crippen LogP contribution in [0.25, 0.3) is 0 Å². The minimum absolute atomic E-state index is 0.0353. The smallest absolute Gasteiger partial charge is 0.203 e. The zero-order chi connectivity index (χ0) is 16.1. The molecule has 0 spiro atoms. The van der Waals surface area contributed by atoms with E-state index in [1.54, 1.807) is 6.20 Å². The third kappa shape index (κ3) is 3.79. The van der Waals surface area contributed by atoms with Crippen molar-refractivity contribution in [3.05, 3.63) is 83.6 Å². The van der Waals surface area contributed by atoms with Gasteiger partial charge >= 0.3 is 0 Å². The molecule has 0 aliphatic heterocycles. The maximum Gasteiger partial charge on any atom is 0.203 e. The van der Waals surface area contributed by atoms with Crippen LogP contribution in [0.1, 0.15) is 28.7 Å². The largest absolute Gasteiger partial charge is 0.489 e. The molecular weight excluding hydrogens is 288 g/mol. The number of hydrogen-bond donors (Lipinski definition) is 1. The highest BCUT2D eigenvalue weighted by Gasteiger charge is 2.17. The van der Waals surface area contributed by atoms with Crippen LogP contribution >= 0.6 is 0 Å². The summed E-state index contributed by atoms with van der Waals surface area (Å²) in [6, 6.07) is 18.0. The summed E-state index contributed by atoms with van der Waals surface area (Å²) in [5.74, 6) is 2.24. The molecule has 118 valence electrons. The average molecular weight is 308 g/mol. The molecule has 3 rings (SSSR count). The highest BCUT2D eigenvalue weighted by molar-refractivity contribution is 5.32. The number of nitrogens with two attached hydrogens (primary N) is 1. The Balaban J connectivity index is 1.68. The second-order valence-electron chi connectivity index (χ2n) is 5.44. The van der Waals surface area contributed by atoms with Gasteiger partial charge in [-0.3, -0.25) is 0 Å². The standard InChI is InChI=1S/C19H20N2O2/c1-14-12-21-19(23-14)18(11-20)16-7-9-17(10-8-16)22-13-15-5-3-2-4-6-15/h2-10,12,18H,11,13,20H2,1H3/t18-/m1/s1. The van der Waals surface area contributed by atoms with Crippen molar-refractivity contribution in [3.8, 4) is 5.75 Å². The van der Waals surface area contributed by atoms with E-state index in [9.17, 15) is 0 Å². The zero-order valence-corrected chi connectivity index (χ0v) is 13.1. The molecule has 1 aromatic heterocycles. The van der Waals surface area contributed by atoms with Crippen LogP contribution < -0.4 is 10.5 Å². The second-order valence-corrected chi connectivity index (χ2v) is 5.44. The molecule has 0 radical (unpaired) electrons. The predicted octanol–water partition coefficient (Wildman–Crippen LogP) is 3.65. The molecule has 23 heavy (non-hydrogen) atoms. The lowest BCUT2D eigenvalue weighted by atomic mass is 9.99. The first-order valence-electron chi connectivity index (χ1n) is 7.65. The van der Waals surface area contributed by atoms with Gasteiger partial charge in [0.1, 0.15) is 18.1 Å². The minimum Gasteiger partial charge on any atom is -0.489 e. The molecule has 1 atom stereocenters. The number of ether oxygens (including phenoxy) is 1. The number of benzene rings is 2. The summed E-state index contributed by atoms with van der Waals surface area (Å²) in [6.45, 7) is 2.88. The fraction of sp³-hybridized carbons (Fsp3) is 0.211. The maximum atomic E-state index is 5.89. The summed E-state index contributed by atoms with van der Waals surface area (Å²) in [4.78, 5) is 4.28. The van der Waals surface area contributed by atoms with Gasteiger partial charge in [-0.2, -0.15) is 0 Å². The van der Waals surface area contributed by atoms with Gasteiger partial charge in [0.05, 0.1) is 12.1 Å². The van der Waals surface area contributed by atoms with Gasteiger partial charge in [0.25, 0.3) is 0 Å². The number of hydrogen-bond acceptors (Lipinski definition) is 4. The first-order chi connectivity index (χ1) is 11.3. The van der Waals surface area contributed by atoms with Crippen LogP contribution in [0.15, 0.2) is 65.2 Å². The Morgan fingerprint density at radius 2 is 1.83 bits per heavy atom. The van der Waals surface area contributed by atoms with Crippen molar-refractivity contribution in [1.29, 1.82) is 0 Å². The molecule has 0 fully saturated rings. The molecule has 0 amide bonds. The molecule has 0 unspecified atom stereocenters.